The lowest BCUT2D eigenvalue weighted by molar-refractivity contribution is -0.154. The molecule has 0 unspecified atom stereocenters. The summed E-state index contributed by atoms with van der Waals surface area (Å²) in [5.41, 5.74) is 2.76. The van der Waals surface area contributed by atoms with Crippen molar-refractivity contribution in [2.75, 3.05) is 11.9 Å². The highest BCUT2D eigenvalue weighted by atomic mass is 19.4. The summed E-state index contributed by atoms with van der Waals surface area (Å²) in [4.78, 5) is 7.85. The van der Waals surface area contributed by atoms with Gasteiger partial charge in [-0.25, -0.2) is 9.97 Å². The average molecular weight is 348 g/mol. The van der Waals surface area contributed by atoms with Gasteiger partial charge in [-0.2, -0.15) is 13.2 Å². The molecule has 0 saturated carbocycles. The van der Waals surface area contributed by atoms with Crippen LogP contribution in [0.2, 0.25) is 0 Å². The lowest BCUT2D eigenvalue weighted by Crippen LogP contribution is -2.19. The van der Waals surface area contributed by atoms with Crippen molar-refractivity contribution in [3.05, 3.63) is 66.9 Å². The molecule has 0 saturated heterocycles. The quantitative estimate of drug-likeness (QED) is 0.736. The van der Waals surface area contributed by atoms with Crippen LogP contribution in [0.25, 0.3) is 5.69 Å². The highest BCUT2D eigenvalue weighted by Gasteiger charge is 2.28. The standard InChI is InChI=1S/C17H15F3N4O/c18-17(19,20)11-25-16-6-3-14(10-23-16)22-9-13-1-4-15(5-2-13)24-8-7-21-12-24/h1-8,10,12,22H,9,11H2. The number of alkyl halides is 3. The van der Waals surface area contributed by atoms with Crippen LogP contribution in [-0.2, 0) is 6.54 Å². The third-order valence-electron chi connectivity index (χ3n) is 3.36. The predicted molar refractivity (Wildman–Crippen MR) is 86.7 cm³/mol. The van der Waals surface area contributed by atoms with E-state index in [0.29, 0.717) is 12.2 Å². The molecule has 0 aliphatic heterocycles. The fourth-order valence-electron chi connectivity index (χ4n) is 2.13. The number of rotatable bonds is 6. The van der Waals surface area contributed by atoms with Gasteiger partial charge in [0.1, 0.15) is 0 Å². The second-order valence-corrected chi connectivity index (χ2v) is 5.28. The van der Waals surface area contributed by atoms with Crippen molar-refractivity contribution in [1.82, 2.24) is 14.5 Å². The summed E-state index contributed by atoms with van der Waals surface area (Å²) in [7, 11) is 0. The van der Waals surface area contributed by atoms with Crippen molar-refractivity contribution in [3.63, 3.8) is 0 Å². The predicted octanol–water partition coefficient (Wildman–Crippen LogP) is 3.82. The van der Waals surface area contributed by atoms with Crippen LogP contribution < -0.4 is 10.1 Å². The molecule has 25 heavy (non-hydrogen) atoms. The van der Waals surface area contributed by atoms with Crippen molar-refractivity contribution in [2.24, 2.45) is 0 Å². The molecule has 1 N–H and O–H groups in total. The number of nitrogens with zero attached hydrogens (tertiary/aromatic N) is 3. The Morgan fingerprint density at radius 1 is 1.08 bits per heavy atom. The van der Waals surface area contributed by atoms with E-state index in [1.54, 1.807) is 18.6 Å². The van der Waals surface area contributed by atoms with Gasteiger partial charge in [-0.1, -0.05) is 12.1 Å². The SMILES string of the molecule is FC(F)(F)COc1ccc(NCc2ccc(-n3ccnc3)cc2)cn1. The van der Waals surface area contributed by atoms with E-state index in [9.17, 15) is 13.2 Å². The maximum Gasteiger partial charge on any atom is 0.422 e. The summed E-state index contributed by atoms with van der Waals surface area (Å²) in [6.45, 7) is -0.787. The first-order chi connectivity index (χ1) is 12.0. The molecule has 5 nitrogen and oxygen atoms in total. The van der Waals surface area contributed by atoms with Crippen LogP contribution in [0.15, 0.2) is 61.3 Å². The highest BCUT2D eigenvalue weighted by molar-refractivity contribution is 5.43. The number of pyridine rings is 1. The van der Waals surface area contributed by atoms with Gasteiger partial charge < -0.3 is 14.6 Å². The van der Waals surface area contributed by atoms with Gasteiger partial charge in [0.2, 0.25) is 5.88 Å². The molecule has 0 amide bonds. The zero-order valence-corrected chi connectivity index (χ0v) is 13.1. The molecule has 0 spiro atoms. The number of halogens is 3. The summed E-state index contributed by atoms with van der Waals surface area (Å²) in [6.07, 6.45) is 2.36. The average Bonchev–Trinajstić information content (AvgIpc) is 3.13. The van der Waals surface area contributed by atoms with Gasteiger partial charge in [0.05, 0.1) is 18.2 Å². The van der Waals surface area contributed by atoms with E-state index >= 15 is 0 Å². The number of benzene rings is 1. The Balaban J connectivity index is 1.53. The molecular weight excluding hydrogens is 333 g/mol. The molecule has 0 aliphatic rings. The first-order valence-electron chi connectivity index (χ1n) is 7.46. The second-order valence-electron chi connectivity index (χ2n) is 5.28. The van der Waals surface area contributed by atoms with Crippen LogP contribution in [-0.4, -0.2) is 27.3 Å². The van der Waals surface area contributed by atoms with E-state index in [1.165, 1.54) is 12.3 Å². The fraction of sp³-hybridized carbons (Fsp3) is 0.176. The normalized spacial score (nSPS) is 11.3. The van der Waals surface area contributed by atoms with Gasteiger partial charge in [-0.05, 0) is 23.8 Å². The number of nitrogens with one attached hydrogen (secondary N) is 1. The van der Waals surface area contributed by atoms with Gasteiger partial charge in [0.15, 0.2) is 6.61 Å². The van der Waals surface area contributed by atoms with E-state index in [1.807, 2.05) is 35.0 Å². The molecule has 2 heterocycles. The van der Waals surface area contributed by atoms with Gasteiger partial charge in [-0.3, -0.25) is 0 Å². The van der Waals surface area contributed by atoms with Crippen molar-refractivity contribution in [2.45, 2.75) is 12.7 Å². The van der Waals surface area contributed by atoms with Crippen LogP contribution >= 0.6 is 0 Å². The molecule has 0 radical (unpaired) electrons. The molecule has 3 rings (SSSR count). The minimum Gasteiger partial charge on any atom is -0.468 e. The minimum atomic E-state index is -4.37. The Labute approximate surface area is 142 Å². The van der Waals surface area contributed by atoms with E-state index in [4.69, 9.17) is 0 Å². The van der Waals surface area contributed by atoms with Gasteiger partial charge in [-0.15, -0.1) is 0 Å². The number of aromatic nitrogens is 3. The van der Waals surface area contributed by atoms with Crippen molar-refractivity contribution in [1.29, 1.82) is 0 Å². The molecule has 1 aromatic carbocycles. The lowest BCUT2D eigenvalue weighted by atomic mass is 10.2. The molecule has 0 atom stereocenters. The molecule has 2 aromatic heterocycles. The van der Waals surface area contributed by atoms with E-state index in [2.05, 4.69) is 20.0 Å². The van der Waals surface area contributed by atoms with Crippen molar-refractivity contribution < 1.29 is 17.9 Å². The van der Waals surface area contributed by atoms with E-state index in [0.717, 1.165) is 11.3 Å². The summed E-state index contributed by atoms with van der Waals surface area (Å²) in [5.74, 6) is -0.0624. The smallest absolute Gasteiger partial charge is 0.422 e. The van der Waals surface area contributed by atoms with Crippen LogP contribution in [0.3, 0.4) is 0 Å². The Bertz CT molecular complexity index is 784. The number of imidazole rings is 1. The van der Waals surface area contributed by atoms with Crippen LogP contribution in [0.1, 0.15) is 5.56 Å². The number of anilines is 1. The van der Waals surface area contributed by atoms with Gasteiger partial charge >= 0.3 is 6.18 Å². The van der Waals surface area contributed by atoms with Gasteiger partial charge in [0, 0.05) is 30.7 Å². The summed E-state index contributed by atoms with van der Waals surface area (Å²) in [5, 5.41) is 3.16. The summed E-state index contributed by atoms with van der Waals surface area (Å²) < 4.78 is 42.7. The molecule has 130 valence electrons. The van der Waals surface area contributed by atoms with Gasteiger partial charge in [0.25, 0.3) is 0 Å². The maximum atomic E-state index is 12.1. The first kappa shape index (κ1) is 16.8. The molecule has 0 bridgehead atoms. The number of hydrogen-bond acceptors (Lipinski definition) is 4. The Hall–Kier alpha value is -3.03. The largest absolute Gasteiger partial charge is 0.468 e. The topological polar surface area (TPSA) is 52.0 Å². The molecular formula is C17H15F3N4O. The number of ether oxygens (including phenoxy) is 1. The summed E-state index contributed by atoms with van der Waals surface area (Å²) in [6, 6.07) is 10.9. The molecule has 0 fully saturated rings. The Morgan fingerprint density at radius 3 is 2.48 bits per heavy atom. The van der Waals surface area contributed by atoms with Crippen LogP contribution in [0, 0.1) is 0 Å². The monoisotopic (exact) mass is 348 g/mol. The second kappa shape index (κ2) is 7.25. The lowest BCUT2D eigenvalue weighted by Gasteiger charge is -2.10. The third-order valence-corrected chi connectivity index (χ3v) is 3.36. The summed E-state index contributed by atoms with van der Waals surface area (Å²) >= 11 is 0. The zero-order chi connectivity index (χ0) is 17.7. The first-order valence-corrected chi connectivity index (χ1v) is 7.46. The Morgan fingerprint density at radius 2 is 1.88 bits per heavy atom. The van der Waals surface area contributed by atoms with Crippen LogP contribution in [0.5, 0.6) is 5.88 Å². The zero-order valence-electron chi connectivity index (χ0n) is 13.1. The molecule has 0 aliphatic carbocycles. The number of hydrogen-bond donors (Lipinski definition) is 1. The molecule has 8 heteroatoms. The maximum absolute atomic E-state index is 12.1. The third kappa shape index (κ3) is 4.97. The van der Waals surface area contributed by atoms with Crippen LogP contribution in [0.4, 0.5) is 18.9 Å². The van der Waals surface area contributed by atoms with Crippen molar-refractivity contribution >= 4 is 5.69 Å². The fourth-order valence-corrected chi connectivity index (χ4v) is 2.13. The highest BCUT2D eigenvalue weighted by Crippen LogP contribution is 2.18. The minimum absolute atomic E-state index is 0.0624. The van der Waals surface area contributed by atoms with E-state index in [-0.39, 0.29) is 5.88 Å². The van der Waals surface area contributed by atoms with E-state index < -0.39 is 12.8 Å². The Kier molecular flexibility index (Phi) is 4.87. The van der Waals surface area contributed by atoms with Crippen molar-refractivity contribution in [3.8, 4) is 11.6 Å². The molecule has 3 aromatic rings.